The molecule has 3 aromatic heterocycles. The summed E-state index contributed by atoms with van der Waals surface area (Å²) in [7, 11) is 0. The van der Waals surface area contributed by atoms with E-state index in [2.05, 4.69) is 257 Å². The zero-order chi connectivity index (χ0) is 57.5. The Kier molecular flexibility index (Phi) is 12.6. The number of hydrogen-bond acceptors (Lipinski definition) is 2. The van der Waals surface area contributed by atoms with E-state index in [0.29, 0.717) is 17.1 Å². The van der Waals surface area contributed by atoms with Gasteiger partial charge in [-0.25, -0.2) is 14.8 Å². The Labute approximate surface area is 491 Å². The van der Waals surface area contributed by atoms with Gasteiger partial charge >= 0.3 is 0 Å². The fourth-order valence-electron chi connectivity index (χ4n) is 13.1. The first-order valence-electron chi connectivity index (χ1n) is 28.9. The molecular formula is C79H61N5. The molecule has 3 heterocycles. The van der Waals surface area contributed by atoms with Crippen molar-refractivity contribution in [2.45, 2.75) is 55.4 Å². The minimum atomic E-state index is 0.446. The first-order valence-corrected chi connectivity index (χ1v) is 28.9. The zero-order valence-corrected chi connectivity index (χ0v) is 48.6. The largest absolute Gasteiger partial charge is 0.308 e. The third-order valence-electron chi connectivity index (χ3n) is 17.1. The Morgan fingerprint density at radius 2 is 0.619 bits per heavy atom. The Hall–Kier alpha value is -10.4. The molecule has 14 rings (SSSR count). The average molecular weight is 1080 g/mol. The van der Waals surface area contributed by atoms with E-state index < -0.39 is 0 Å². The first kappa shape index (κ1) is 51.7. The standard InChI is InChI=1S/C79H61N5/c1-47-20-28-61(51(5)36-47)57-24-32-73-65(40-57)66-41-58(62-29-21-48(2)37-52(62)6)25-33-74(66)83(73)77-44-69(79-81-70(55-16-12-10-13-17-55)45-71(82-79)56-18-14-11-15-19-56)72(80-9)46-78(77)84-75-34-26-59(63-30-22-49(3)38-53(63)7)42-67(75)68-43-60(27-35-76(68)84)64-31-23-50(4)39-54(64)8/h10-46H,1-8H3. The Morgan fingerprint density at radius 3 is 0.929 bits per heavy atom. The number of hydrogen-bond donors (Lipinski definition) is 0. The second-order valence-corrected chi connectivity index (χ2v) is 23.0. The van der Waals surface area contributed by atoms with Gasteiger partial charge in [0, 0.05) is 38.2 Å². The van der Waals surface area contributed by atoms with Gasteiger partial charge in [-0.15, -0.1) is 0 Å². The van der Waals surface area contributed by atoms with Crippen molar-refractivity contribution in [3.63, 3.8) is 0 Å². The molecule has 0 saturated heterocycles. The van der Waals surface area contributed by atoms with Crippen LogP contribution in [-0.4, -0.2) is 19.1 Å². The predicted molar refractivity (Wildman–Crippen MR) is 353 cm³/mol. The molecule has 0 amide bonds. The van der Waals surface area contributed by atoms with E-state index in [4.69, 9.17) is 16.5 Å². The van der Waals surface area contributed by atoms with Crippen LogP contribution >= 0.6 is 0 Å². The molecule has 0 N–H and O–H groups in total. The highest BCUT2D eigenvalue weighted by Crippen LogP contribution is 2.46. The van der Waals surface area contributed by atoms with Crippen molar-refractivity contribution in [3.05, 3.63) is 280 Å². The molecule has 14 aromatic rings. The molecule has 0 unspecified atom stereocenters. The Morgan fingerprint density at radius 1 is 0.298 bits per heavy atom. The lowest BCUT2D eigenvalue weighted by Gasteiger charge is -2.20. The van der Waals surface area contributed by atoms with Gasteiger partial charge in [0.2, 0.25) is 0 Å². The van der Waals surface area contributed by atoms with Crippen LogP contribution in [0.15, 0.2) is 224 Å². The SMILES string of the molecule is [C-]#[N+]c1cc(-n2c3ccc(-c4ccc(C)cc4C)cc3c3cc(-c4ccc(C)cc4C)ccc32)c(-n2c3ccc(-c4ccc(C)cc4C)cc3c3cc(-c4ccc(C)cc4C)ccc32)cc1-c1nc(-c2ccccc2)cc(-c2ccccc2)n1. The van der Waals surface area contributed by atoms with Crippen molar-refractivity contribution >= 4 is 49.3 Å². The smallest absolute Gasteiger partial charge is 0.200 e. The van der Waals surface area contributed by atoms with Crippen molar-refractivity contribution in [1.82, 2.24) is 19.1 Å². The number of aromatic nitrogens is 4. The summed E-state index contributed by atoms with van der Waals surface area (Å²) in [6.45, 7) is 26.6. The second-order valence-electron chi connectivity index (χ2n) is 23.0. The predicted octanol–water partition coefficient (Wildman–Crippen LogP) is 21.4. The molecule has 84 heavy (non-hydrogen) atoms. The second kappa shape index (κ2) is 20.5. The molecule has 0 atom stereocenters. The third kappa shape index (κ3) is 8.95. The molecule has 11 aromatic carbocycles. The first-order chi connectivity index (χ1) is 40.8. The van der Waals surface area contributed by atoms with E-state index in [1.807, 2.05) is 36.4 Å². The maximum Gasteiger partial charge on any atom is 0.200 e. The molecule has 0 aliphatic carbocycles. The summed E-state index contributed by atoms with van der Waals surface area (Å²) in [6, 6.07) is 81.6. The zero-order valence-electron chi connectivity index (χ0n) is 48.6. The van der Waals surface area contributed by atoms with Crippen LogP contribution in [0.4, 0.5) is 5.69 Å². The van der Waals surface area contributed by atoms with Gasteiger partial charge in [-0.2, -0.15) is 0 Å². The van der Waals surface area contributed by atoms with Gasteiger partial charge in [0.05, 0.1) is 51.4 Å². The van der Waals surface area contributed by atoms with Crippen molar-refractivity contribution in [1.29, 1.82) is 0 Å². The molecule has 0 spiro atoms. The molecule has 0 bridgehead atoms. The van der Waals surface area contributed by atoms with E-state index >= 15 is 0 Å². The molecule has 5 heteroatoms. The van der Waals surface area contributed by atoms with Crippen LogP contribution in [-0.2, 0) is 0 Å². The summed E-state index contributed by atoms with van der Waals surface area (Å²) in [4.78, 5) is 15.2. The summed E-state index contributed by atoms with van der Waals surface area (Å²) in [5, 5.41) is 4.50. The number of aryl methyl sites for hydroxylation is 8. The Bertz CT molecular complexity index is 4770. The van der Waals surface area contributed by atoms with Crippen LogP contribution in [0, 0.1) is 62.0 Å². The van der Waals surface area contributed by atoms with E-state index in [0.717, 1.165) is 99.8 Å². The molecule has 0 aliphatic rings. The maximum atomic E-state index is 9.17. The van der Waals surface area contributed by atoms with Gasteiger partial charge in [-0.05, 0) is 189 Å². The normalized spacial score (nSPS) is 11.6. The number of nitrogens with zero attached hydrogens (tertiary/aromatic N) is 5. The number of fused-ring (bicyclic) bond motifs is 6. The van der Waals surface area contributed by atoms with Crippen LogP contribution in [0.3, 0.4) is 0 Å². The fraction of sp³-hybridized carbons (Fsp3) is 0.101. The molecular weight excluding hydrogens is 1020 g/mol. The van der Waals surface area contributed by atoms with Gasteiger partial charge in [-0.3, -0.25) is 0 Å². The molecule has 0 radical (unpaired) electrons. The minimum Gasteiger partial charge on any atom is -0.308 e. The minimum absolute atomic E-state index is 0.446. The summed E-state index contributed by atoms with van der Waals surface area (Å²) in [5.41, 5.74) is 29.8. The van der Waals surface area contributed by atoms with Crippen molar-refractivity contribution in [3.8, 4) is 89.8 Å². The fourth-order valence-corrected chi connectivity index (χ4v) is 13.1. The highest BCUT2D eigenvalue weighted by atomic mass is 15.1. The van der Waals surface area contributed by atoms with Crippen molar-refractivity contribution in [2.24, 2.45) is 0 Å². The van der Waals surface area contributed by atoms with Crippen LogP contribution in [0.1, 0.15) is 44.5 Å². The van der Waals surface area contributed by atoms with Crippen LogP contribution in [0.5, 0.6) is 0 Å². The number of benzene rings is 11. The average Bonchev–Trinajstić information content (AvgIpc) is 3.78. The lowest BCUT2D eigenvalue weighted by Crippen LogP contribution is -2.05. The van der Waals surface area contributed by atoms with E-state index in [1.54, 1.807) is 0 Å². The van der Waals surface area contributed by atoms with Crippen molar-refractivity contribution in [2.75, 3.05) is 0 Å². The maximum absolute atomic E-state index is 9.17. The van der Waals surface area contributed by atoms with Crippen LogP contribution in [0.2, 0.25) is 0 Å². The van der Waals surface area contributed by atoms with Crippen molar-refractivity contribution < 1.29 is 0 Å². The van der Waals surface area contributed by atoms with Gasteiger partial charge in [0.15, 0.2) is 5.69 Å². The van der Waals surface area contributed by atoms with Gasteiger partial charge in [0.1, 0.15) is 5.82 Å². The summed E-state index contributed by atoms with van der Waals surface area (Å²) >= 11 is 0. The summed E-state index contributed by atoms with van der Waals surface area (Å²) in [5.74, 6) is 0.475. The quantitative estimate of drug-likeness (QED) is 0.135. The van der Waals surface area contributed by atoms with Crippen LogP contribution in [0.25, 0.3) is 138 Å². The van der Waals surface area contributed by atoms with E-state index in [1.165, 1.54) is 66.8 Å². The lowest BCUT2D eigenvalue weighted by atomic mass is 9.95. The van der Waals surface area contributed by atoms with E-state index in [-0.39, 0.29) is 0 Å². The molecule has 0 aliphatic heterocycles. The molecule has 402 valence electrons. The highest BCUT2D eigenvalue weighted by Gasteiger charge is 2.26. The molecule has 5 nitrogen and oxygen atoms in total. The van der Waals surface area contributed by atoms with Gasteiger partial charge in [0.25, 0.3) is 0 Å². The van der Waals surface area contributed by atoms with Gasteiger partial charge < -0.3 is 9.13 Å². The summed E-state index contributed by atoms with van der Waals surface area (Å²) < 4.78 is 4.83. The van der Waals surface area contributed by atoms with Gasteiger partial charge in [-0.1, -0.05) is 180 Å². The monoisotopic (exact) mass is 1080 g/mol. The highest BCUT2D eigenvalue weighted by molar-refractivity contribution is 6.14. The summed E-state index contributed by atoms with van der Waals surface area (Å²) in [6.07, 6.45) is 0. The third-order valence-corrected chi connectivity index (χ3v) is 17.1. The molecule has 0 saturated carbocycles. The topological polar surface area (TPSA) is 40.0 Å². The molecule has 0 fully saturated rings. The number of rotatable bonds is 9. The lowest BCUT2D eigenvalue weighted by molar-refractivity contribution is 1.09. The van der Waals surface area contributed by atoms with E-state index in [9.17, 15) is 0 Å². The van der Waals surface area contributed by atoms with Crippen LogP contribution < -0.4 is 0 Å². The Balaban J connectivity index is 1.12.